The molecule has 0 aliphatic carbocycles. The lowest BCUT2D eigenvalue weighted by atomic mass is 9.86. The van der Waals surface area contributed by atoms with Crippen LogP contribution in [0.15, 0.2) is 30.3 Å². The van der Waals surface area contributed by atoms with Crippen LogP contribution in [0, 0.1) is 5.21 Å². The van der Waals surface area contributed by atoms with Gasteiger partial charge in [0.15, 0.2) is 5.79 Å². The molecule has 0 unspecified atom stereocenters. The van der Waals surface area contributed by atoms with Gasteiger partial charge in [-0.3, -0.25) is 5.21 Å². The van der Waals surface area contributed by atoms with Crippen molar-refractivity contribution in [1.29, 1.82) is 0 Å². The van der Waals surface area contributed by atoms with Gasteiger partial charge in [0.25, 0.3) is 0 Å². The summed E-state index contributed by atoms with van der Waals surface area (Å²) < 4.78 is 5.32. The number of methoxy groups -OCH3 is 1. The summed E-state index contributed by atoms with van der Waals surface area (Å²) in [5.74, 6) is -0.812. The van der Waals surface area contributed by atoms with Crippen molar-refractivity contribution in [3.8, 4) is 0 Å². The van der Waals surface area contributed by atoms with Crippen LogP contribution in [0.25, 0.3) is 0 Å². The highest BCUT2D eigenvalue weighted by Gasteiger charge is 2.40. The van der Waals surface area contributed by atoms with E-state index < -0.39 is 5.79 Å². The van der Waals surface area contributed by atoms with E-state index in [9.17, 15) is 5.21 Å². The standard InChI is InChI=1S/C14H19NO3/c1-4-13-12(11-8-6-5-7-9-11)10-14(2,17-3)18-15(13)16/h5-9,12H,4,10H2,1-3H3/t12-,14-/m0/s1. The van der Waals surface area contributed by atoms with E-state index >= 15 is 0 Å². The van der Waals surface area contributed by atoms with Gasteiger partial charge in [0, 0.05) is 24.9 Å². The maximum Gasteiger partial charge on any atom is 0.229 e. The van der Waals surface area contributed by atoms with Crippen LogP contribution in [0.2, 0.25) is 0 Å². The largest absolute Gasteiger partial charge is 0.369 e. The molecule has 0 spiro atoms. The quantitative estimate of drug-likeness (QED) is 0.774. The van der Waals surface area contributed by atoms with Crippen LogP contribution >= 0.6 is 0 Å². The molecule has 18 heavy (non-hydrogen) atoms. The molecular weight excluding hydrogens is 230 g/mol. The fourth-order valence-electron chi connectivity index (χ4n) is 2.38. The predicted octanol–water partition coefficient (Wildman–Crippen LogP) is 2.83. The molecule has 98 valence electrons. The zero-order valence-electron chi connectivity index (χ0n) is 11.1. The van der Waals surface area contributed by atoms with Gasteiger partial charge in [-0.25, -0.2) is 0 Å². The zero-order valence-corrected chi connectivity index (χ0v) is 11.1. The number of benzene rings is 1. The van der Waals surface area contributed by atoms with Crippen LogP contribution in [0.4, 0.5) is 0 Å². The summed E-state index contributed by atoms with van der Waals surface area (Å²) in [6.07, 6.45) is 1.32. The molecule has 1 aromatic carbocycles. The number of hydrogen-bond donors (Lipinski definition) is 0. The monoisotopic (exact) mass is 249 g/mol. The second-order valence-electron chi connectivity index (χ2n) is 4.70. The Morgan fingerprint density at radius 3 is 2.67 bits per heavy atom. The van der Waals surface area contributed by atoms with Crippen molar-refractivity contribution >= 4 is 5.71 Å². The maximum absolute atomic E-state index is 12.0. The van der Waals surface area contributed by atoms with E-state index in [1.807, 2.05) is 37.3 Å². The maximum atomic E-state index is 12.0. The first-order valence-electron chi connectivity index (χ1n) is 6.22. The summed E-state index contributed by atoms with van der Waals surface area (Å²) in [5, 5.41) is 12.0. The molecule has 0 aromatic heterocycles. The Hall–Kier alpha value is -1.55. The third-order valence-electron chi connectivity index (χ3n) is 3.48. The molecule has 0 fully saturated rings. The van der Waals surface area contributed by atoms with Crippen molar-refractivity contribution in [3.63, 3.8) is 0 Å². The van der Waals surface area contributed by atoms with Crippen molar-refractivity contribution in [2.24, 2.45) is 0 Å². The van der Waals surface area contributed by atoms with Crippen LogP contribution < -0.4 is 0 Å². The summed E-state index contributed by atoms with van der Waals surface area (Å²) in [6, 6.07) is 10.0. The fourth-order valence-corrected chi connectivity index (χ4v) is 2.38. The lowest BCUT2D eigenvalue weighted by Crippen LogP contribution is -2.44. The Bertz CT molecular complexity index is 444. The number of rotatable bonds is 3. The van der Waals surface area contributed by atoms with Crippen LogP contribution in [-0.4, -0.2) is 23.5 Å². The van der Waals surface area contributed by atoms with Crippen molar-refractivity contribution in [3.05, 3.63) is 41.1 Å². The molecule has 1 aromatic rings. The lowest BCUT2D eigenvalue weighted by Gasteiger charge is -2.37. The van der Waals surface area contributed by atoms with Gasteiger partial charge >= 0.3 is 0 Å². The summed E-state index contributed by atoms with van der Waals surface area (Å²) in [4.78, 5) is 5.93. The first-order chi connectivity index (χ1) is 8.59. The van der Waals surface area contributed by atoms with Gasteiger partial charge in [-0.15, -0.1) is 0 Å². The average Bonchev–Trinajstić information content (AvgIpc) is 2.39. The van der Waals surface area contributed by atoms with E-state index in [1.54, 1.807) is 14.0 Å². The fraction of sp³-hybridized carbons (Fsp3) is 0.500. The van der Waals surface area contributed by atoms with E-state index in [0.29, 0.717) is 17.7 Å². The predicted molar refractivity (Wildman–Crippen MR) is 69.2 cm³/mol. The highest BCUT2D eigenvalue weighted by Crippen LogP contribution is 2.35. The van der Waals surface area contributed by atoms with E-state index in [4.69, 9.17) is 9.57 Å². The van der Waals surface area contributed by atoms with E-state index in [-0.39, 0.29) is 5.92 Å². The van der Waals surface area contributed by atoms with Gasteiger partial charge in [0.1, 0.15) is 0 Å². The second kappa shape index (κ2) is 4.98. The van der Waals surface area contributed by atoms with Crippen LogP contribution in [0.3, 0.4) is 0 Å². The highest BCUT2D eigenvalue weighted by atomic mass is 16.9. The molecule has 0 N–H and O–H groups in total. The molecule has 1 aliphatic heterocycles. The highest BCUT2D eigenvalue weighted by molar-refractivity contribution is 5.86. The Morgan fingerprint density at radius 1 is 1.44 bits per heavy atom. The Kier molecular flexibility index (Phi) is 3.57. The summed E-state index contributed by atoms with van der Waals surface area (Å²) in [5.41, 5.74) is 1.87. The van der Waals surface area contributed by atoms with E-state index in [2.05, 4.69) is 0 Å². The smallest absolute Gasteiger partial charge is 0.229 e. The van der Waals surface area contributed by atoms with Crippen LogP contribution in [0.1, 0.15) is 38.2 Å². The van der Waals surface area contributed by atoms with Crippen molar-refractivity contribution in [1.82, 2.24) is 0 Å². The van der Waals surface area contributed by atoms with Gasteiger partial charge in [-0.1, -0.05) is 37.3 Å². The molecule has 0 bridgehead atoms. The minimum Gasteiger partial charge on any atom is -0.369 e. The Morgan fingerprint density at radius 2 is 2.11 bits per heavy atom. The van der Waals surface area contributed by atoms with Crippen molar-refractivity contribution in [2.75, 3.05) is 7.11 Å². The zero-order chi connectivity index (χ0) is 13.2. The minimum atomic E-state index is -0.860. The van der Waals surface area contributed by atoms with Crippen LogP contribution in [-0.2, 0) is 9.57 Å². The normalized spacial score (nSPS) is 28.1. The third kappa shape index (κ3) is 2.34. The molecule has 4 nitrogen and oxygen atoms in total. The van der Waals surface area contributed by atoms with Gasteiger partial charge in [0.2, 0.25) is 5.71 Å². The summed E-state index contributed by atoms with van der Waals surface area (Å²) >= 11 is 0. The molecule has 0 amide bonds. The second-order valence-corrected chi connectivity index (χ2v) is 4.70. The topological polar surface area (TPSA) is 44.5 Å². The Labute approximate surface area is 107 Å². The molecule has 2 atom stereocenters. The van der Waals surface area contributed by atoms with Crippen LogP contribution in [0.5, 0.6) is 0 Å². The molecular formula is C14H19NO3. The van der Waals surface area contributed by atoms with Gasteiger partial charge in [-0.05, 0) is 12.5 Å². The molecule has 0 saturated heterocycles. The third-order valence-corrected chi connectivity index (χ3v) is 3.48. The molecule has 0 saturated carbocycles. The molecule has 0 radical (unpaired) electrons. The first kappa shape index (κ1) is 12.9. The molecule has 1 heterocycles. The first-order valence-corrected chi connectivity index (χ1v) is 6.22. The summed E-state index contributed by atoms with van der Waals surface area (Å²) in [7, 11) is 1.56. The van der Waals surface area contributed by atoms with Crippen molar-refractivity contribution < 1.29 is 14.5 Å². The summed E-state index contributed by atoms with van der Waals surface area (Å²) in [6.45, 7) is 3.76. The van der Waals surface area contributed by atoms with E-state index in [1.165, 1.54) is 0 Å². The van der Waals surface area contributed by atoms with E-state index in [0.717, 1.165) is 11.3 Å². The van der Waals surface area contributed by atoms with Crippen molar-refractivity contribution in [2.45, 2.75) is 38.4 Å². The lowest BCUT2D eigenvalue weighted by molar-refractivity contribution is -0.787. The minimum absolute atomic E-state index is 0.0485. The number of hydrogen-bond acceptors (Lipinski definition) is 3. The van der Waals surface area contributed by atoms with Gasteiger partial charge in [-0.2, -0.15) is 0 Å². The number of nitrogens with zero attached hydrogens (tertiary/aromatic N) is 1. The molecule has 4 heteroatoms. The SMILES string of the molecule is CCC1=[N+]([O-])O[C@](C)(OC)C[C@H]1c1ccccc1. The van der Waals surface area contributed by atoms with Gasteiger partial charge in [0.05, 0.1) is 5.92 Å². The average molecular weight is 249 g/mol. The molecule has 2 rings (SSSR count). The number of ether oxygens (including phenoxy) is 1. The van der Waals surface area contributed by atoms with Gasteiger partial charge < -0.3 is 9.57 Å². The molecule has 1 aliphatic rings. The Balaban J connectivity index is 2.40.